The Balaban J connectivity index is 2.45. The number of hydrogen-bond acceptors (Lipinski definition) is 4. The van der Waals surface area contributed by atoms with E-state index in [2.05, 4.69) is 9.71 Å². The standard InChI is InChI=1S/C13H13F2N3O2S/c1-8-3-2-4-12(17-8)18-21(19,20)11-6-5-10(14)9(7-16)13(11)15/h2-6H,7,16H2,1H3,(H,17,18). The van der Waals surface area contributed by atoms with E-state index >= 15 is 0 Å². The molecule has 1 aromatic heterocycles. The average molecular weight is 313 g/mol. The maximum Gasteiger partial charge on any atom is 0.265 e. The van der Waals surface area contributed by atoms with Crippen molar-refractivity contribution in [2.75, 3.05) is 4.72 Å². The number of anilines is 1. The van der Waals surface area contributed by atoms with Gasteiger partial charge in [-0.15, -0.1) is 0 Å². The molecule has 1 aromatic carbocycles. The van der Waals surface area contributed by atoms with Crippen LogP contribution in [0.1, 0.15) is 11.3 Å². The largest absolute Gasteiger partial charge is 0.326 e. The van der Waals surface area contributed by atoms with Crippen molar-refractivity contribution in [3.63, 3.8) is 0 Å². The SMILES string of the molecule is Cc1cccc(NS(=O)(=O)c2ccc(F)c(CN)c2F)n1. The van der Waals surface area contributed by atoms with Crippen LogP contribution < -0.4 is 10.5 Å². The molecule has 0 aliphatic rings. The van der Waals surface area contributed by atoms with Gasteiger partial charge in [0.15, 0.2) is 5.82 Å². The number of halogens is 2. The Hall–Kier alpha value is -2.06. The molecule has 2 aromatic rings. The van der Waals surface area contributed by atoms with E-state index in [0.717, 1.165) is 12.1 Å². The van der Waals surface area contributed by atoms with Crippen LogP contribution in [-0.4, -0.2) is 13.4 Å². The molecule has 0 atom stereocenters. The van der Waals surface area contributed by atoms with Crippen molar-refractivity contribution in [2.24, 2.45) is 5.73 Å². The van der Waals surface area contributed by atoms with E-state index < -0.39 is 38.7 Å². The molecular formula is C13H13F2N3O2S. The molecule has 2 rings (SSSR count). The molecule has 8 heteroatoms. The summed E-state index contributed by atoms with van der Waals surface area (Å²) in [5.74, 6) is -2.03. The third-order valence-corrected chi connectivity index (χ3v) is 4.14. The molecule has 0 spiro atoms. The van der Waals surface area contributed by atoms with Gasteiger partial charge in [-0.2, -0.15) is 0 Å². The monoisotopic (exact) mass is 313 g/mol. The molecule has 5 nitrogen and oxygen atoms in total. The van der Waals surface area contributed by atoms with Gasteiger partial charge in [-0.25, -0.2) is 22.2 Å². The Morgan fingerprint density at radius 3 is 2.57 bits per heavy atom. The number of nitrogens with one attached hydrogen (secondary N) is 1. The first-order valence-electron chi connectivity index (χ1n) is 5.98. The third-order valence-electron chi connectivity index (χ3n) is 2.77. The van der Waals surface area contributed by atoms with Crippen molar-refractivity contribution < 1.29 is 17.2 Å². The van der Waals surface area contributed by atoms with Gasteiger partial charge in [-0.1, -0.05) is 6.07 Å². The van der Waals surface area contributed by atoms with Crippen LogP contribution in [0.4, 0.5) is 14.6 Å². The molecule has 1 heterocycles. The lowest BCUT2D eigenvalue weighted by atomic mass is 10.2. The van der Waals surface area contributed by atoms with Crippen LogP contribution in [0, 0.1) is 18.6 Å². The highest BCUT2D eigenvalue weighted by Gasteiger charge is 2.23. The molecule has 0 amide bonds. The van der Waals surface area contributed by atoms with Gasteiger partial charge in [0.2, 0.25) is 0 Å². The molecule has 0 saturated heterocycles. The van der Waals surface area contributed by atoms with Crippen molar-refractivity contribution in [2.45, 2.75) is 18.4 Å². The lowest BCUT2D eigenvalue weighted by molar-refractivity contribution is 0.530. The van der Waals surface area contributed by atoms with Crippen molar-refractivity contribution >= 4 is 15.8 Å². The lowest BCUT2D eigenvalue weighted by Crippen LogP contribution is -2.17. The molecule has 0 fully saturated rings. The third kappa shape index (κ3) is 3.17. The second kappa shape index (κ2) is 5.74. The van der Waals surface area contributed by atoms with Crippen LogP contribution in [0.25, 0.3) is 0 Å². The van der Waals surface area contributed by atoms with Crippen molar-refractivity contribution in [3.05, 3.63) is 53.2 Å². The summed E-state index contributed by atoms with van der Waals surface area (Å²) in [5, 5.41) is 0. The number of benzene rings is 1. The van der Waals surface area contributed by atoms with Crippen molar-refractivity contribution in [1.82, 2.24) is 4.98 Å². The van der Waals surface area contributed by atoms with Crippen molar-refractivity contribution in [1.29, 1.82) is 0 Å². The van der Waals surface area contributed by atoms with Crippen LogP contribution in [0.5, 0.6) is 0 Å². The molecule has 0 bridgehead atoms. The fourth-order valence-corrected chi connectivity index (χ4v) is 2.87. The molecule has 21 heavy (non-hydrogen) atoms. The Morgan fingerprint density at radius 2 is 1.95 bits per heavy atom. The van der Waals surface area contributed by atoms with Gasteiger partial charge in [0.25, 0.3) is 10.0 Å². The second-order valence-corrected chi connectivity index (χ2v) is 5.96. The van der Waals surface area contributed by atoms with E-state index in [4.69, 9.17) is 5.73 Å². The summed E-state index contributed by atoms with van der Waals surface area (Å²) in [4.78, 5) is 3.29. The van der Waals surface area contributed by atoms with E-state index in [1.807, 2.05) is 0 Å². The zero-order valence-electron chi connectivity index (χ0n) is 11.1. The van der Waals surface area contributed by atoms with Crippen LogP contribution in [0.3, 0.4) is 0 Å². The molecular weight excluding hydrogens is 300 g/mol. The maximum atomic E-state index is 14.1. The van der Waals surface area contributed by atoms with Crippen LogP contribution in [0.15, 0.2) is 35.2 Å². The predicted octanol–water partition coefficient (Wildman–Crippen LogP) is 1.93. The van der Waals surface area contributed by atoms with Gasteiger partial charge in [0.05, 0.1) is 0 Å². The highest BCUT2D eigenvalue weighted by molar-refractivity contribution is 7.92. The number of rotatable bonds is 4. The fraction of sp³-hybridized carbons (Fsp3) is 0.154. The molecule has 0 radical (unpaired) electrons. The molecule has 3 N–H and O–H groups in total. The minimum absolute atomic E-state index is 0.0491. The zero-order valence-corrected chi connectivity index (χ0v) is 11.9. The van der Waals surface area contributed by atoms with E-state index in [1.54, 1.807) is 19.1 Å². The van der Waals surface area contributed by atoms with Gasteiger partial charge < -0.3 is 5.73 Å². The number of hydrogen-bond donors (Lipinski definition) is 2. The predicted molar refractivity (Wildman–Crippen MR) is 74.0 cm³/mol. The first-order chi connectivity index (χ1) is 9.85. The number of nitrogens with zero attached hydrogens (tertiary/aromatic N) is 1. The topological polar surface area (TPSA) is 85.1 Å². The number of nitrogens with two attached hydrogens (primary N) is 1. The Kier molecular flexibility index (Phi) is 4.19. The summed E-state index contributed by atoms with van der Waals surface area (Å²) >= 11 is 0. The highest BCUT2D eigenvalue weighted by Crippen LogP contribution is 2.22. The first-order valence-corrected chi connectivity index (χ1v) is 7.47. The minimum atomic E-state index is -4.22. The summed E-state index contributed by atoms with van der Waals surface area (Å²) in [6, 6.07) is 6.43. The van der Waals surface area contributed by atoms with E-state index in [1.165, 1.54) is 6.07 Å². The highest BCUT2D eigenvalue weighted by atomic mass is 32.2. The second-order valence-electron chi connectivity index (χ2n) is 4.31. The number of aromatic nitrogens is 1. The van der Waals surface area contributed by atoms with Crippen LogP contribution >= 0.6 is 0 Å². The summed E-state index contributed by atoms with van der Waals surface area (Å²) < 4.78 is 53.9. The summed E-state index contributed by atoms with van der Waals surface area (Å²) in [6.45, 7) is 1.24. The van der Waals surface area contributed by atoms with Gasteiger partial charge in [-0.3, -0.25) is 4.72 Å². The quantitative estimate of drug-likeness (QED) is 0.903. The molecule has 112 valence electrons. The van der Waals surface area contributed by atoms with E-state index in [-0.39, 0.29) is 5.82 Å². The van der Waals surface area contributed by atoms with Gasteiger partial charge >= 0.3 is 0 Å². The van der Waals surface area contributed by atoms with Crippen molar-refractivity contribution in [3.8, 4) is 0 Å². The summed E-state index contributed by atoms with van der Waals surface area (Å²) in [6.07, 6.45) is 0. The summed E-state index contributed by atoms with van der Waals surface area (Å²) in [7, 11) is -4.22. The van der Waals surface area contributed by atoms with Crippen LogP contribution in [0.2, 0.25) is 0 Å². The molecule has 0 aliphatic heterocycles. The zero-order chi connectivity index (χ0) is 15.6. The Morgan fingerprint density at radius 1 is 1.24 bits per heavy atom. The first kappa shape index (κ1) is 15.3. The fourth-order valence-electron chi connectivity index (χ4n) is 1.76. The summed E-state index contributed by atoms with van der Waals surface area (Å²) in [5.41, 5.74) is 5.35. The van der Waals surface area contributed by atoms with E-state index in [9.17, 15) is 17.2 Å². The Labute approximate surface area is 120 Å². The number of pyridine rings is 1. The molecule has 0 saturated carbocycles. The minimum Gasteiger partial charge on any atom is -0.326 e. The number of aryl methyl sites for hydroxylation is 1. The van der Waals surface area contributed by atoms with Gasteiger partial charge in [-0.05, 0) is 31.2 Å². The van der Waals surface area contributed by atoms with Crippen LogP contribution in [-0.2, 0) is 16.6 Å². The van der Waals surface area contributed by atoms with Gasteiger partial charge in [0, 0.05) is 17.8 Å². The lowest BCUT2D eigenvalue weighted by Gasteiger charge is -2.11. The average Bonchev–Trinajstić information content (AvgIpc) is 2.38. The van der Waals surface area contributed by atoms with E-state index in [0.29, 0.717) is 5.69 Å². The van der Waals surface area contributed by atoms with Gasteiger partial charge in [0.1, 0.15) is 16.5 Å². The number of sulfonamides is 1. The molecule has 0 unspecified atom stereocenters. The molecule has 0 aliphatic carbocycles. The normalized spacial score (nSPS) is 11.4. The maximum absolute atomic E-state index is 14.1. The Bertz CT molecular complexity index is 779. The smallest absolute Gasteiger partial charge is 0.265 e.